The van der Waals surface area contributed by atoms with Crippen LogP contribution in [0.1, 0.15) is 5.56 Å². The normalized spacial score (nSPS) is 10.1. The van der Waals surface area contributed by atoms with Gasteiger partial charge in [-0.05, 0) is 5.56 Å². The summed E-state index contributed by atoms with van der Waals surface area (Å²) >= 11 is 0. The number of nitrogens with zero attached hydrogens (tertiary/aromatic N) is 2. The van der Waals surface area contributed by atoms with Crippen LogP contribution < -0.4 is 16.3 Å². The molecule has 0 saturated carbocycles. The fourth-order valence-corrected chi connectivity index (χ4v) is 1.16. The van der Waals surface area contributed by atoms with Gasteiger partial charge in [0.2, 0.25) is 0 Å². The second-order valence-corrected chi connectivity index (χ2v) is 3.13. The third kappa shape index (κ3) is 2.19. The molecule has 1 heterocycles. The van der Waals surface area contributed by atoms with Crippen LogP contribution in [0.3, 0.4) is 0 Å². The van der Waals surface area contributed by atoms with E-state index < -0.39 is 0 Å². The molecule has 1 aromatic carbocycles. The molecule has 0 bridgehead atoms. The third-order valence-electron chi connectivity index (χ3n) is 1.96. The average Bonchev–Trinajstić information content (AvgIpc) is 2.57. The van der Waals surface area contributed by atoms with Crippen molar-refractivity contribution >= 4 is 11.5 Å². The van der Waals surface area contributed by atoms with Crippen molar-refractivity contribution in [2.75, 3.05) is 11.5 Å². The van der Waals surface area contributed by atoms with E-state index in [1.165, 1.54) is 11.0 Å². The Morgan fingerprint density at radius 1 is 1.20 bits per heavy atom. The third-order valence-corrected chi connectivity index (χ3v) is 1.96. The molecule has 0 aliphatic rings. The zero-order valence-corrected chi connectivity index (χ0v) is 8.13. The predicted molar refractivity (Wildman–Crippen MR) is 57.8 cm³/mol. The van der Waals surface area contributed by atoms with Crippen LogP contribution in [0.2, 0.25) is 0 Å². The summed E-state index contributed by atoms with van der Waals surface area (Å²) in [5.74, 6) is 0.281. The molecule has 4 N–H and O–H groups in total. The highest BCUT2D eigenvalue weighted by Crippen LogP contribution is 2.09. The van der Waals surface area contributed by atoms with E-state index >= 15 is 0 Å². The van der Waals surface area contributed by atoms with Crippen molar-refractivity contribution in [3.63, 3.8) is 0 Å². The highest BCUT2D eigenvalue weighted by atomic mass is 16.7. The van der Waals surface area contributed by atoms with Gasteiger partial charge in [0.25, 0.3) is 0 Å². The molecule has 2 aromatic rings. The maximum atomic E-state index is 5.52. The van der Waals surface area contributed by atoms with E-state index in [1.54, 1.807) is 0 Å². The lowest BCUT2D eigenvalue weighted by Gasteiger charge is -2.03. The van der Waals surface area contributed by atoms with Gasteiger partial charge in [-0.1, -0.05) is 30.3 Å². The van der Waals surface area contributed by atoms with Crippen molar-refractivity contribution in [3.05, 3.63) is 42.1 Å². The van der Waals surface area contributed by atoms with Gasteiger partial charge in [-0.2, -0.15) is 0 Å². The van der Waals surface area contributed by atoms with Crippen LogP contribution in [0, 0.1) is 0 Å². The smallest absolute Gasteiger partial charge is 0.172 e. The number of anilines is 2. The molecular formula is C10H12N4O. The van der Waals surface area contributed by atoms with Crippen molar-refractivity contribution in [3.8, 4) is 0 Å². The molecule has 0 aliphatic heterocycles. The standard InChI is InChI=1S/C10H12N4O/c11-9-6-14(13-10(9)12)15-7-8-4-2-1-3-5-8/h1-6H,7,11H2,(H2,12,13). The van der Waals surface area contributed by atoms with E-state index in [9.17, 15) is 0 Å². The van der Waals surface area contributed by atoms with Gasteiger partial charge in [0.05, 0.1) is 11.9 Å². The monoisotopic (exact) mass is 204 g/mol. The molecule has 2 rings (SSSR count). The lowest BCUT2D eigenvalue weighted by Crippen LogP contribution is -2.11. The molecule has 0 unspecified atom stereocenters. The fraction of sp³-hybridized carbons (Fsp3) is 0.100. The molecule has 5 heteroatoms. The summed E-state index contributed by atoms with van der Waals surface area (Å²) in [6.07, 6.45) is 1.54. The predicted octanol–water partition coefficient (Wildman–Crippen LogP) is 0.676. The summed E-state index contributed by atoms with van der Waals surface area (Å²) in [6, 6.07) is 9.79. The second-order valence-electron chi connectivity index (χ2n) is 3.13. The first-order valence-corrected chi connectivity index (χ1v) is 4.53. The molecule has 0 aliphatic carbocycles. The molecule has 1 aromatic heterocycles. The maximum Gasteiger partial charge on any atom is 0.172 e. The Labute approximate surface area is 87.2 Å². The van der Waals surface area contributed by atoms with Crippen molar-refractivity contribution in [2.24, 2.45) is 0 Å². The minimum absolute atomic E-state index is 0.281. The lowest BCUT2D eigenvalue weighted by molar-refractivity contribution is 0.0708. The number of benzene rings is 1. The lowest BCUT2D eigenvalue weighted by atomic mass is 10.2. The number of nitrogens with two attached hydrogens (primary N) is 2. The van der Waals surface area contributed by atoms with Crippen molar-refractivity contribution in [1.82, 2.24) is 9.94 Å². The molecule has 5 nitrogen and oxygen atoms in total. The summed E-state index contributed by atoms with van der Waals surface area (Å²) in [5, 5.41) is 3.87. The van der Waals surface area contributed by atoms with E-state index in [0.29, 0.717) is 12.3 Å². The highest BCUT2D eigenvalue weighted by molar-refractivity contribution is 5.55. The van der Waals surface area contributed by atoms with Crippen LogP contribution in [-0.2, 0) is 6.61 Å². The Kier molecular flexibility index (Phi) is 2.45. The van der Waals surface area contributed by atoms with Crippen LogP contribution in [0.5, 0.6) is 0 Å². The summed E-state index contributed by atoms with van der Waals surface area (Å²) in [4.78, 5) is 6.61. The zero-order valence-electron chi connectivity index (χ0n) is 8.13. The van der Waals surface area contributed by atoms with Gasteiger partial charge in [0, 0.05) is 0 Å². The fourth-order valence-electron chi connectivity index (χ4n) is 1.16. The summed E-state index contributed by atoms with van der Waals surface area (Å²) in [5.41, 5.74) is 12.5. The van der Waals surface area contributed by atoms with Crippen LogP contribution >= 0.6 is 0 Å². The largest absolute Gasteiger partial charge is 0.394 e. The van der Waals surface area contributed by atoms with Gasteiger partial charge in [-0.3, -0.25) is 0 Å². The molecule has 0 radical (unpaired) electrons. The summed E-state index contributed by atoms with van der Waals surface area (Å²) < 4.78 is 0. The highest BCUT2D eigenvalue weighted by Gasteiger charge is 2.01. The molecule has 0 spiro atoms. The van der Waals surface area contributed by atoms with Crippen molar-refractivity contribution in [2.45, 2.75) is 6.61 Å². The average molecular weight is 204 g/mol. The Morgan fingerprint density at radius 3 is 2.53 bits per heavy atom. The van der Waals surface area contributed by atoms with Gasteiger partial charge in [0.1, 0.15) is 6.61 Å². The van der Waals surface area contributed by atoms with Crippen LogP contribution in [0.15, 0.2) is 36.5 Å². The Morgan fingerprint density at radius 2 is 1.93 bits per heavy atom. The molecule has 15 heavy (non-hydrogen) atoms. The Balaban J connectivity index is 1.99. The van der Waals surface area contributed by atoms with Gasteiger partial charge in [0.15, 0.2) is 5.82 Å². The molecular weight excluding hydrogens is 192 g/mol. The summed E-state index contributed by atoms with van der Waals surface area (Å²) in [6.45, 7) is 0.432. The summed E-state index contributed by atoms with van der Waals surface area (Å²) in [7, 11) is 0. The van der Waals surface area contributed by atoms with Gasteiger partial charge < -0.3 is 16.3 Å². The number of hydrogen-bond donors (Lipinski definition) is 2. The quantitative estimate of drug-likeness (QED) is 0.770. The van der Waals surface area contributed by atoms with Crippen LogP contribution in [0.25, 0.3) is 0 Å². The SMILES string of the molecule is Nc1cn(OCc2ccccc2)nc1N. The number of nitrogen functional groups attached to an aromatic ring is 2. The molecule has 0 fully saturated rings. The molecule has 0 amide bonds. The van der Waals surface area contributed by atoms with E-state index in [4.69, 9.17) is 16.3 Å². The number of aromatic nitrogens is 2. The van der Waals surface area contributed by atoms with Crippen LogP contribution in [0.4, 0.5) is 11.5 Å². The second kappa shape index (κ2) is 3.91. The molecule has 0 atom stereocenters. The van der Waals surface area contributed by atoms with E-state index in [1.807, 2.05) is 30.3 Å². The minimum atomic E-state index is 0.281. The topological polar surface area (TPSA) is 79.1 Å². The Bertz CT molecular complexity index is 418. The first-order valence-electron chi connectivity index (χ1n) is 4.53. The minimum Gasteiger partial charge on any atom is -0.394 e. The van der Waals surface area contributed by atoms with Crippen molar-refractivity contribution in [1.29, 1.82) is 0 Å². The molecule has 0 saturated heterocycles. The first kappa shape index (κ1) is 9.39. The number of rotatable bonds is 3. The van der Waals surface area contributed by atoms with Crippen LogP contribution in [-0.4, -0.2) is 9.94 Å². The van der Waals surface area contributed by atoms with E-state index in [2.05, 4.69) is 5.10 Å². The van der Waals surface area contributed by atoms with Gasteiger partial charge in [-0.15, -0.1) is 9.94 Å². The Hall–Kier alpha value is -2.17. The van der Waals surface area contributed by atoms with Gasteiger partial charge >= 0.3 is 0 Å². The van der Waals surface area contributed by atoms with E-state index in [0.717, 1.165) is 5.56 Å². The number of hydrogen-bond acceptors (Lipinski definition) is 4. The molecule has 78 valence electrons. The zero-order chi connectivity index (χ0) is 10.7. The van der Waals surface area contributed by atoms with Gasteiger partial charge in [-0.25, -0.2) is 0 Å². The van der Waals surface area contributed by atoms with Crippen molar-refractivity contribution < 1.29 is 4.84 Å². The van der Waals surface area contributed by atoms with E-state index in [-0.39, 0.29) is 5.82 Å². The maximum absolute atomic E-state index is 5.52. The first-order chi connectivity index (χ1) is 7.25.